The van der Waals surface area contributed by atoms with Crippen LogP contribution >= 0.6 is 0 Å². The number of carbonyl (C=O) groups excluding carboxylic acids is 1. The largest absolute Gasteiger partial charge is 0.480 e. The first kappa shape index (κ1) is 16.7. The Morgan fingerprint density at radius 1 is 1.22 bits per heavy atom. The molecule has 0 saturated heterocycles. The molecule has 18 heavy (non-hydrogen) atoms. The van der Waals surface area contributed by atoms with E-state index in [0.29, 0.717) is 19.6 Å². The van der Waals surface area contributed by atoms with Crippen LogP contribution in [0.25, 0.3) is 0 Å². The van der Waals surface area contributed by atoms with Crippen molar-refractivity contribution in [3.05, 3.63) is 0 Å². The van der Waals surface area contributed by atoms with E-state index in [-0.39, 0.29) is 12.0 Å². The van der Waals surface area contributed by atoms with E-state index < -0.39 is 18.0 Å². The van der Waals surface area contributed by atoms with Crippen molar-refractivity contribution >= 4 is 12.0 Å². The number of hydrogen-bond donors (Lipinski definition) is 3. The van der Waals surface area contributed by atoms with Crippen LogP contribution in [0.5, 0.6) is 0 Å². The molecule has 0 aliphatic rings. The van der Waals surface area contributed by atoms with Crippen LogP contribution in [0, 0.1) is 5.92 Å². The van der Waals surface area contributed by atoms with Gasteiger partial charge in [0.2, 0.25) is 0 Å². The van der Waals surface area contributed by atoms with E-state index in [9.17, 15) is 9.59 Å². The fraction of sp³-hybridized carbons (Fsp3) is 0.833. The molecule has 0 aromatic rings. The Hall–Kier alpha value is -1.30. The molecule has 0 rings (SSSR count). The van der Waals surface area contributed by atoms with Crippen molar-refractivity contribution in [2.75, 3.05) is 13.2 Å². The minimum Gasteiger partial charge on any atom is -0.480 e. The number of ether oxygens (including phenoxy) is 1. The summed E-state index contributed by atoms with van der Waals surface area (Å²) in [5.74, 6) is -0.812. The Labute approximate surface area is 108 Å². The molecule has 1 atom stereocenters. The SMILES string of the molecule is CC(C)C[C@@H](NC(=O)NCCOC(C)C)C(=O)O. The van der Waals surface area contributed by atoms with Gasteiger partial charge in [0.15, 0.2) is 0 Å². The van der Waals surface area contributed by atoms with Crippen LogP contribution in [0.15, 0.2) is 0 Å². The van der Waals surface area contributed by atoms with E-state index in [4.69, 9.17) is 9.84 Å². The molecule has 0 fully saturated rings. The molecule has 0 aliphatic carbocycles. The molecule has 0 bridgehead atoms. The van der Waals surface area contributed by atoms with Crippen molar-refractivity contribution < 1.29 is 19.4 Å². The third-order valence-electron chi connectivity index (χ3n) is 2.15. The normalized spacial score (nSPS) is 12.6. The topological polar surface area (TPSA) is 87.7 Å². The monoisotopic (exact) mass is 260 g/mol. The lowest BCUT2D eigenvalue weighted by molar-refractivity contribution is -0.139. The number of aliphatic carboxylic acids is 1. The fourth-order valence-corrected chi connectivity index (χ4v) is 1.36. The highest BCUT2D eigenvalue weighted by atomic mass is 16.5. The number of nitrogens with one attached hydrogen (secondary N) is 2. The van der Waals surface area contributed by atoms with Gasteiger partial charge in [-0.3, -0.25) is 0 Å². The summed E-state index contributed by atoms with van der Waals surface area (Å²) in [7, 11) is 0. The highest BCUT2D eigenvalue weighted by Crippen LogP contribution is 2.04. The molecule has 0 aliphatic heterocycles. The molecule has 106 valence electrons. The van der Waals surface area contributed by atoms with Gasteiger partial charge in [-0.25, -0.2) is 9.59 Å². The van der Waals surface area contributed by atoms with Crippen LogP contribution in [0.1, 0.15) is 34.1 Å². The summed E-state index contributed by atoms with van der Waals surface area (Å²) in [5, 5.41) is 13.9. The molecule has 0 radical (unpaired) electrons. The second-order valence-electron chi connectivity index (χ2n) is 4.84. The van der Waals surface area contributed by atoms with E-state index in [1.54, 1.807) is 0 Å². The maximum absolute atomic E-state index is 11.4. The molecule has 0 spiro atoms. The van der Waals surface area contributed by atoms with Gasteiger partial charge in [-0.05, 0) is 26.2 Å². The highest BCUT2D eigenvalue weighted by Gasteiger charge is 2.20. The molecule has 0 unspecified atom stereocenters. The van der Waals surface area contributed by atoms with Crippen LogP contribution in [-0.4, -0.2) is 42.4 Å². The zero-order valence-corrected chi connectivity index (χ0v) is 11.5. The lowest BCUT2D eigenvalue weighted by atomic mass is 10.0. The van der Waals surface area contributed by atoms with E-state index in [0.717, 1.165) is 0 Å². The van der Waals surface area contributed by atoms with Gasteiger partial charge in [0, 0.05) is 6.54 Å². The van der Waals surface area contributed by atoms with Crippen LogP contribution in [0.3, 0.4) is 0 Å². The molecule has 0 heterocycles. The Bertz CT molecular complexity index is 267. The number of carboxylic acids is 1. The average molecular weight is 260 g/mol. The van der Waals surface area contributed by atoms with Gasteiger partial charge in [0.05, 0.1) is 12.7 Å². The maximum atomic E-state index is 11.4. The molecular formula is C12H24N2O4. The summed E-state index contributed by atoms with van der Waals surface area (Å²) in [6.45, 7) is 8.40. The zero-order valence-electron chi connectivity index (χ0n) is 11.5. The third kappa shape index (κ3) is 8.81. The zero-order chi connectivity index (χ0) is 14.1. The lowest BCUT2D eigenvalue weighted by Gasteiger charge is -2.17. The van der Waals surface area contributed by atoms with Crippen LogP contribution in [0.4, 0.5) is 4.79 Å². The summed E-state index contributed by atoms with van der Waals surface area (Å²) in [6.07, 6.45) is 0.521. The molecule has 0 aromatic carbocycles. The summed E-state index contributed by atoms with van der Waals surface area (Å²) < 4.78 is 5.25. The second-order valence-corrected chi connectivity index (χ2v) is 4.84. The molecule has 3 N–H and O–H groups in total. The average Bonchev–Trinajstić information content (AvgIpc) is 2.22. The smallest absolute Gasteiger partial charge is 0.326 e. The molecule has 0 saturated carbocycles. The maximum Gasteiger partial charge on any atom is 0.326 e. The number of urea groups is 1. The molecule has 6 heteroatoms. The van der Waals surface area contributed by atoms with E-state index in [1.165, 1.54) is 0 Å². The van der Waals surface area contributed by atoms with E-state index in [2.05, 4.69) is 10.6 Å². The number of hydrogen-bond acceptors (Lipinski definition) is 3. The molecule has 6 nitrogen and oxygen atoms in total. The van der Waals surface area contributed by atoms with Gasteiger partial charge in [0.1, 0.15) is 6.04 Å². The highest BCUT2D eigenvalue weighted by molar-refractivity contribution is 5.82. The Balaban J connectivity index is 3.92. The van der Waals surface area contributed by atoms with Gasteiger partial charge < -0.3 is 20.5 Å². The van der Waals surface area contributed by atoms with Crippen molar-refractivity contribution in [2.45, 2.75) is 46.3 Å². The lowest BCUT2D eigenvalue weighted by Crippen LogP contribution is -2.47. The first-order valence-corrected chi connectivity index (χ1v) is 6.21. The summed E-state index contributed by atoms with van der Waals surface area (Å²) in [4.78, 5) is 22.4. The Morgan fingerprint density at radius 3 is 2.28 bits per heavy atom. The van der Waals surface area contributed by atoms with Gasteiger partial charge in [-0.15, -0.1) is 0 Å². The van der Waals surface area contributed by atoms with Gasteiger partial charge in [0.25, 0.3) is 0 Å². The Kier molecular flexibility index (Phi) is 8.11. The van der Waals surface area contributed by atoms with Crippen LogP contribution in [-0.2, 0) is 9.53 Å². The second kappa shape index (κ2) is 8.74. The number of amides is 2. The van der Waals surface area contributed by atoms with Crippen molar-refractivity contribution in [3.8, 4) is 0 Å². The van der Waals surface area contributed by atoms with Crippen LogP contribution < -0.4 is 10.6 Å². The van der Waals surface area contributed by atoms with Crippen LogP contribution in [0.2, 0.25) is 0 Å². The fourth-order valence-electron chi connectivity index (χ4n) is 1.36. The quantitative estimate of drug-likeness (QED) is 0.572. The molecule has 0 aromatic heterocycles. The van der Waals surface area contributed by atoms with E-state index >= 15 is 0 Å². The van der Waals surface area contributed by atoms with Crippen molar-refractivity contribution in [3.63, 3.8) is 0 Å². The summed E-state index contributed by atoms with van der Waals surface area (Å²) >= 11 is 0. The number of carbonyl (C=O) groups is 2. The van der Waals surface area contributed by atoms with E-state index in [1.807, 2.05) is 27.7 Å². The minimum atomic E-state index is -1.02. The Morgan fingerprint density at radius 2 is 1.83 bits per heavy atom. The van der Waals surface area contributed by atoms with Gasteiger partial charge in [-0.1, -0.05) is 13.8 Å². The number of carboxylic acid groups (broad SMARTS) is 1. The molecular weight excluding hydrogens is 236 g/mol. The van der Waals surface area contributed by atoms with Crippen molar-refractivity contribution in [1.82, 2.24) is 10.6 Å². The van der Waals surface area contributed by atoms with Gasteiger partial charge >= 0.3 is 12.0 Å². The summed E-state index contributed by atoms with van der Waals surface area (Å²) in [6, 6.07) is -1.33. The first-order chi connectivity index (χ1) is 8.32. The predicted octanol–water partition coefficient (Wildman–Crippen LogP) is 1.21. The number of rotatable bonds is 8. The third-order valence-corrected chi connectivity index (χ3v) is 2.15. The first-order valence-electron chi connectivity index (χ1n) is 6.21. The predicted molar refractivity (Wildman–Crippen MR) is 68.5 cm³/mol. The summed E-state index contributed by atoms with van der Waals surface area (Å²) in [5.41, 5.74) is 0. The van der Waals surface area contributed by atoms with Crippen molar-refractivity contribution in [1.29, 1.82) is 0 Å². The van der Waals surface area contributed by atoms with Crippen molar-refractivity contribution in [2.24, 2.45) is 5.92 Å². The standard InChI is InChI=1S/C12H24N2O4/c1-8(2)7-10(11(15)16)14-12(17)13-5-6-18-9(3)4/h8-10H,5-7H2,1-4H3,(H,15,16)(H2,13,14,17)/t10-/m1/s1. The minimum absolute atomic E-state index is 0.113. The molecule has 2 amide bonds. The van der Waals surface area contributed by atoms with Gasteiger partial charge in [-0.2, -0.15) is 0 Å².